The van der Waals surface area contributed by atoms with Crippen molar-refractivity contribution in [3.8, 4) is 11.6 Å². The van der Waals surface area contributed by atoms with E-state index in [2.05, 4.69) is 9.98 Å². The summed E-state index contributed by atoms with van der Waals surface area (Å²) in [5, 5.41) is 10.3. The van der Waals surface area contributed by atoms with Gasteiger partial charge in [-0.3, -0.25) is 14.8 Å². The Morgan fingerprint density at radius 3 is 2.71 bits per heavy atom. The molecule has 7 nitrogen and oxygen atoms in total. The Balaban J connectivity index is 2.39. The summed E-state index contributed by atoms with van der Waals surface area (Å²) in [4.78, 5) is 31.3. The van der Waals surface area contributed by atoms with E-state index in [-0.39, 0.29) is 11.3 Å². The quantitative estimate of drug-likeness (QED) is 0.483. The lowest BCUT2D eigenvalue weighted by Gasteiger charge is -2.10. The van der Waals surface area contributed by atoms with Crippen molar-refractivity contribution in [1.82, 2.24) is 9.55 Å². The first-order valence-electron chi connectivity index (χ1n) is 7.54. The molecule has 0 unspecified atom stereocenters. The average Bonchev–Trinajstić information content (AvgIpc) is 2.51. The van der Waals surface area contributed by atoms with Crippen molar-refractivity contribution in [1.29, 1.82) is 0 Å². The van der Waals surface area contributed by atoms with Crippen LogP contribution in [0, 0.1) is 5.82 Å². The second-order valence-electron chi connectivity index (χ2n) is 5.63. The molecule has 0 amide bonds. The standard InChI is InChI=1S/C16H19FN4O3/c1-20(2)9-5-8-18-10-11-14(22)19-16(24)21(15(11)23)13-7-4-3-6-12(13)17/h3-4,6-7,10,23H,5,8-9H2,1-2H3,(H,19,22,24)/p+1. The highest BCUT2D eigenvalue weighted by Gasteiger charge is 2.16. The van der Waals surface area contributed by atoms with Crippen molar-refractivity contribution in [2.24, 2.45) is 4.99 Å². The van der Waals surface area contributed by atoms with Crippen LogP contribution in [-0.2, 0) is 0 Å². The smallest absolute Gasteiger partial charge is 0.335 e. The van der Waals surface area contributed by atoms with Gasteiger partial charge in [-0.15, -0.1) is 0 Å². The van der Waals surface area contributed by atoms with Crippen molar-refractivity contribution >= 4 is 6.21 Å². The molecule has 2 rings (SSSR count). The van der Waals surface area contributed by atoms with Crippen LogP contribution in [-0.4, -0.2) is 48.1 Å². The van der Waals surface area contributed by atoms with Gasteiger partial charge in [0, 0.05) is 19.2 Å². The number of hydrogen-bond acceptors (Lipinski definition) is 4. The molecule has 128 valence electrons. The van der Waals surface area contributed by atoms with E-state index in [0.717, 1.165) is 19.0 Å². The molecule has 0 aliphatic carbocycles. The Bertz CT molecular complexity index is 855. The third-order valence-electron chi connectivity index (χ3n) is 3.40. The zero-order valence-electron chi connectivity index (χ0n) is 13.5. The minimum atomic E-state index is -0.920. The maximum absolute atomic E-state index is 13.9. The number of hydrogen-bond donors (Lipinski definition) is 3. The summed E-state index contributed by atoms with van der Waals surface area (Å²) in [6.45, 7) is 1.39. The number of aromatic nitrogens is 2. The number of rotatable bonds is 6. The molecule has 3 N–H and O–H groups in total. The van der Waals surface area contributed by atoms with Gasteiger partial charge < -0.3 is 10.0 Å². The minimum absolute atomic E-state index is 0.151. The Labute approximate surface area is 137 Å². The lowest BCUT2D eigenvalue weighted by molar-refractivity contribution is -0.858. The third-order valence-corrected chi connectivity index (χ3v) is 3.40. The van der Waals surface area contributed by atoms with Gasteiger partial charge in [-0.25, -0.2) is 13.8 Å². The van der Waals surface area contributed by atoms with Crippen LogP contribution in [0.1, 0.15) is 12.0 Å². The first-order valence-corrected chi connectivity index (χ1v) is 7.54. The molecule has 8 heteroatoms. The summed E-state index contributed by atoms with van der Waals surface area (Å²) in [7, 11) is 4.04. The fraction of sp³-hybridized carbons (Fsp3) is 0.312. The Kier molecular flexibility index (Phi) is 5.64. The number of benzene rings is 1. The molecular weight excluding hydrogens is 315 g/mol. The van der Waals surface area contributed by atoms with Gasteiger partial charge in [0.2, 0.25) is 5.88 Å². The molecule has 1 heterocycles. The van der Waals surface area contributed by atoms with Crippen LogP contribution in [0.5, 0.6) is 5.88 Å². The summed E-state index contributed by atoms with van der Waals surface area (Å²) in [5.74, 6) is -1.34. The molecule has 1 aromatic carbocycles. The number of nitrogens with one attached hydrogen (secondary N) is 2. The molecule has 0 fully saturated rings. The predicted molar refractivity (Wildman–Crippen MR) is 89.0 cm³/mol. The number of halogens is 1. The number of aliphatic imine (C=N–C) groups is 1. The second-order valence-corrected chi connectivity index (χ2v) is 5.63. The summed E-state index contributed by atoms with van der Waals surface area (Å²) in [6, 6.07) is 5.47. The van der Waals surface area contributed by atoms with Gasteiger partial charge in [-0.2, -0.15) is 0 Å². The molecule has 0 saturated heterocycles. The van der Waals surface area contributed by atoms with Gasteiger partial charge in [0.1, 0.15) is 11.4 Å². The maximum atomic E-state index is 13.9. The van der Waals surface area contributed by atoms with E-state index in [9.17, 15) is 19.1 Å². The van der Waals surface area contributed by atoms with Gasteiger partial charge in [0.05, 0.1) is 26.3 Å². The molecule has 2 aromatic rings. The number of quaternary nitrogens is 1. The summed E-state index contributed by atoms with van der Waals surface area (Å²) in [6.07, 6.45) is 2.01. The molecule has 24 heavy (non-hydrogen) atoms. The molecule has 1 aromatic heterocycles. The number of aromatic amines is 1. The fourth-order valence-electron chi connectivity index (χ4n) is 2.19. The van der Waals surface area contributed by atoms with Crippen molar-refractivity contribution < 1.29 is 14.4 Å². The van der Waals surface area contributed by atoms with Gasteiger partial charge in [-0.05, 0) is 12.1 Å². The van der Waals surface area contributed by atoms with Gasteiger partial charge in [0.15, 0.2) is 0 Å². The monoisotopic (exact) mass is 335 g/mol. The van der Waals surface area contributed by atoms with Crippen LogP contribution >= 0.6 is 0 Å². The van der Waals surface area contributed by atoms with E-state index >= 15 is 0 Å². The van der Waals surface area contributed by atoms with Crippen LogP contribution in [0.25, 0.3) is 5.69 Å². The Morgan fingerprint density at radius 2 is 2.04 bits per heavy atom. The molecule has 0 saturated carbocycles. The molecule has 0 aliphatic heterocycles. The predicted octanol–water partition coefficient (Wildman–Crippen LogP) is -0.676. The SMILES string of the molecule is C[NH+](C)CCCN=Cc1c(O)n(-c2ccccc2F)c(=O)[nH]c1=O. The van der Waals surface area contributed by atoms with Crippen molar-refractivity contribution in [3.05, 3.63) is 56.5 Å². The topological polar surface area (TPSA) is 91.9 Å². The first-order chi connectivity index (χ1) is 11.4. The van der Waals surface area contributed by atoms with Gasteiger partial charge in [0.25, 0.3) is 5.56 Å². The van der Waals surface area contributed by atoms with Gasteiger partial charge >= 0.3 is 5.69 Å². The van der Waals surface area contributed by atoms with Crippen molar-refractivity contribution in [3.63, 3.8) is 0 Å². The lowest BCUT2D eigenvalue weighted by Crippen LogP contribution is -3.05. The maximum Gasteiger partial charge on any atom is 0.335 e. The average molecular weight is 335 g/mol. The van der Waals surface area contributed by atoms with E-state index in [1.807, 2.05) is 14.1 Å². The number of nitrogens with zero attached hydrogens (tertiary/aromatic N) is 2. The van der Waals surface area contributed by atoms with Crippen LogP contribution in [0.4, 0.5) is 4.39 Å². The molecule has 0 atom stereocenters. The summed E-state index contributed by atoms with van der Waals surface area (Å²) < 4.78 is 14.6. The van der Waals surface area contributed by atoms with E-state index < -0.39 is 22.9 Å². The third kappa shape index (κ3) is 3.96. The summed E-state index contributed by atoms with van der Waals surface area (Å²) >= 11 is 0. The highest BCUT2D eigenvalue weighted by atomic mass is 19.1. The normalized spacial score (nSPS) is 11.5. The Morgan fingerprint density at radius 1 is 1.33 bits per heavy atom. The minimum Gasteiger partial charge on any atom is -0.493 e. The lowest BCUT2D eigenvalue weighted by atomic mass is 10.2. The summed E-state index contributed by atoms with van der Waals surface area (Å²) in [5.41, 5.74) is -2.03. The zero-order valence-corrected chi connectivity index (χ0v) is 13.5. The number of para-hydroxylation sites is 1. The van der Waals surface area contributed by atoms with Gasteiger partial charge in [-0.1, -0.05) is 12.1 Å². The van der Waals surface area contributed by atoms with Crippen LogP contribution in [0.2, 0.25) is 0 Å². The van der Waals surface area contributed by atoms with E-state index in [1.54, 1.807) is 0 Å². The highest BCUT2D eigenvalue weighted by Crippen LogP contribution is 2.17. The number of H-pyrrole nitrogens is 1. The first kappa shape index (κ1) is 17.6. The molecule has 0 aliphatic rings. The van der Waals surface area contributed by atoms with Crippen LogP contribution in [0.15, 0.2) is 38.8 Å². The van der Waals surface area contributed by atoms with Crippen molar-refractivity contribution in [2.75, 3.05) is 27.2 Å². The van der Waals surface area contributed by atoms with E-state index in [1.165, 1.54) is 29.3 Å². The largest absolute Gasteiger partial charge is 0.493 e. The highest BCUT2D eigenvalue weighted by molar-refractivity contribution is 5.82. The molecule has 0 radical (unpaired) electrons. The van der Waals surface area contributed by atoms with Crippen LogP contribution in [0.3, 0.4) is 0 Å². The molecule has 0 spiro atoms. The number of aromatic hydroxyl groups is 1. The second kappa shape index (κ2) is 7.69. The van der Waals surface area contributed by atoms with E-state index in [0.29, 0.717) is 11.1 Å². The Hall–Kier alpha value is -2.74. The van der Waals surface area contributed by atoms with Crippen molar-refractivity contribution in [2.45, 2.75) is 6.42 Å². The van der Waals surface area contributed by atoms with E-state index in [4.69, 9.17) is 0 Å². The fourth-order valence-corrected chi connectivity index (χ4v) is 2.19. The molecular formula is C16H20FN4O3+. The molecule has 0 bridgehead atoms. The zero-order chi connectivity index (χ0) is 17.7. The van der Waals surface area contributed by atoms with Crippen LogP contribution < -0.4 is 16.1 Å².